The van der Waals surface area contributed by atoms with Crippen LogP contribution < -0.4 is 4.74 Å². The number of carbonyl (C=O) groups is 1. The van der Waals surface area contributed by atoms with Gasteiger partial charge in [0.05, 0.1) is 18.6 Å². The summed E-state index contributed by atoms with van der Waals surface area (Å²) in [5.41, 5.74) is 0.593. The standard InChI is InChI=1S/C12H18N2O2S2/c1-4-9-12(18-6-5-17-9)11(15)10-8(16-3)7-13-14(10)2/h7,9,12H,4-6H2,1-3H3. The Hall–Kier alpha value is -0.620. The number of aryl methyl sites for hydroxylation is 1. The third kappa shape index (κ3) is 2.54. The summed E-state index contributed by atoms with van der Waals surface area (Å²) in [6, 6.07) is 0. The molecular weight excluding hydrogens is 268 g/mol. The molecule has 4 nitrogen and oxygen atoms in total. The number of ether oxygens (including phenoxy) is 1. The van der Waals surface area contributed by atoms with Gasteiger partial charge in [0.15, 0.2) is 11.5 Å². The van der Waals surface area contributed by atoms with E-state index in [1.807, 2.05) is 11.8 Å². The van der Waals surface area contributed by atoms with E-state index in [-0.39, 0.29) is 11.0 Å². The van der Waals surface area contributed by atoms with Crippen molar-refractivity contribution in [2.75, 3.05) is 18.6 Å². The Bertz CT molecular complexity index is 434. The molecule has 1 aromatic rings. The van der Waals surface area contributed by atoms with Gasteiger partial charge in [0, 0.05) is 23.8 Å². The Morgan fingerprint density at radius 1 is 1.56 bits per heavy atom. The van der Waals surface area contributed by atoms with Gasteiger partial charge in [-0.2, -0.15) is 16.9 Å². The first-order valence-electron chi connectivity index (χ1n) is 6.02. The van der Waals surface area contributed by atoms with Crippen molar-refractivity contribution in [3.05, 3.63) is 11.9 Å². The molecule has 0 aromatic carbocycles. The number of aromatic nitrogens is 2. The second kappa shape index (κ2) is 6.02. The van der Waals surface area contributed by atoms with Gasteiger partial charge >= 0.3 is 0 Å². The van der Waals surface area contributed by atoms with Crippen molar-refractivity contribution in [3.63, 3.8) is 0 Å². The lowest BCUT2D eigenvalue weighted by Gasteiger charge is -2.28. The smallest absolute Gasteiger partial charge is 0.198 e. The van der Waals surface area contributed by atoms with Crippen LogP contribution in [0.4, 0.5) is 0 Å². The van der Waals surface area contributed by atoms with Gasteiger partial charge in [-0.15, -0.1) is 11.8 Å². The lowest BCUT2D eigenvalue weighted by molar-refractivity contribution is 0.0976. The molecule has 0 amide bonds. The normalized spacial score (nSPS) is 23.9. The number of hydrogen-bond acceptors (Lipinski definition) is 5. The van der Waals surface area contributed by atoms with Crippen LogP contribution >= 0.6 is 23.5 Å². The molecule has 2 heterocycles. The summed E-state index contributed by atoms with van der Waals surface area (Å²) in [6.07, 6.45) is 2.63. The van der Waals surface area contributed by atoms with Crippen molar-refractivity contribution in [3.8, 4) is 5.75 Å². The van der Waals surface area contributed by atoms with Crippen LogP contribution in [0.3, 0.4) is 0 Å². The van der Waals surface area contributed by atoms with Crippen molar-refractivity contribution in [1.82, 2.24) is 9.78 Å². The maximum atomic E-state index is 12.7. The van der Waals surface area contributed by atoms with E-state index in [1.165, 1.54) is 0 Å². The second-order valence-electron chi connectivity index (χ2n) is 4.16. The first-order valence-corrected chi connectivity index (χ1v) is 8.12. The predicted molar refractivity (Wildman–Crippen MR) is 76.9 cm³/mol. The molecule has 6 heteroatoms. The van der Waals surface area contributed by atoms with Gasteiger partial charge in [-0.05, 0) is 6.42 Å². The van der Waals surface area contributed by atoms with Crippen LogP contribution in [0.2, 0.25) is 0 Å². The summed E-state index contributed by atoms with van der Waals surface area (Å²) in [6.45, 7) is 2.14. The Labute approximate surface area is 116 Å². The van der Waals surface area contributed by atoms with Gasteiger partial charge in [0.1, 0.15) is 5.69 Å². The van der Waals surface area contributed by atoms with Gasteiger partial charge in [-0.1, -0.05) is 6.92 Å². The van der Waals surface area contributed by atoms with Gasteiger partial charge in [-0.25, -0.2) is 0 Å². The molecule has 2 unspecified atom stereocenters. The van der Waals surface area contributed by atoms with E-state index in [2.05, 4.69) is 12.0 Å². The lowest BCUT2D eigenvalue weighted by atomic mass is 10.1. The number of rotatable bonds is 4. The maximum Gasteiger partial charge on any atom is 0.198 e. The summed E-state index contributed by atoms with van der Waals surface area (Å²) in [5.74, 6) is 2.90. The highest BCUT2D eigenvalue weighted by Crippen LogP contribution is 2.36. The molecule has 0 radical (unpaired) electrons. The van der Waals surface area contributed by atoms with E-state index in [0.29, 0.717) is 16.7 Å². The highest BCUT2D eigenvalue weighted by atomic mass is 32.2. The molecule has 2 rings (SSSR count). The van der Waals surface area contributed by atoms with Crippen LogP contribution in [0.25, 0.3) is 0 Å². The number of Topliss-reactive ketones (excluding diaryl/α,β-unsaturated/α-hetero) is 1. The quantitative estimate of drug-likeness (QED) is 0.794. The molecule has 2 atom stereocenters. The van der Waals surface area contributed by atoms with Gasteiger partial charge in [0.2, 0.25) is 0 Å². The summed E-state index contributed by atoms with van der Waals surface area (Å²) in [5, 5.41) is 4.53. The van der Waals surface area contributed by atoms with E-state index >= 15 is 0 Å². The van der Waals surface area contributed by atoms with Crippen molar-refractivity contribution in [2.45, 2.75) is 23.8 Å². The molecule has 0 bridgehead atoms. The topological polar surface area (TPSA) is 44.1 Å². The highest BCUT2D eigenvalue weighted by molar-refractivity contribution is 8.07. The fourth-order valence-electron chi connectivity index (χ4n) is 2.13. The van der Waals surface area contributed by atoms with E-state index in [0.717, 1.165) is 17.9 Å². The molecule has 100 valence electrons. The first-order chi connectivity index (χ1) is 8.69. The summed E-state index contributed by atoms with van der Waals surface area (Å²) in [4.78, 5) is 12.7. The van der Waals surface area contributed by atoms with E-state index in [9.17, 15) is 4.79 Å². The number of thioether (sulfide) groups is 2. The minimum absolute atomic E-state index is 0.0260. The largest absolute Gasteiger partial charge is 0.493 e. The third-order valence-corrected chi connectivity index (χ3v) is 6.32. The SMILES string of the molecule is CCC1SCCSC1C(=O)c1c(OC)cnn1C. The van der Waals surface area contributed by atoms with Crippen molar-refractivity contribution >= 4 is 29.3 Å². The second-order valence-corrected chi connectivity index (χ2v) is 6.75. The predicted octanol–water partition coefficient (Wildman–Crippen LogP) is 2.24. The van der Waals surface area contributed by atoms with Crippen molar-refractivity contribution in [1.29, 1.82) is 0 Å². The summed E-state index contributed by atoms with van der Waals surface area (Å²) in [7, 11) is 3.37. The average molecular weight is 286 g/mol. The molecular formula is C12H18N2O2S2. The van der Waals surface area contributed by atoms with Gasteiger partial charge in [-0.3, -0.25) is 9.48 Å². The molecule has 1 aromatic heterocycles. The number of methoxy groups -OCH3 is 1. The van der Waals surface area contributed by atoms with E-state index in [4.69, 9.17) is 4.74 Å². The molecule has 1 saturated heterocycles. The lowest BCUT2D eigenvalue weighted by Crippen LogP contribution is -2.34. The van der Waals surface area contributed by atoms with Crippen LogP contribution in [0.1, 0.15) is 23.8 Å². The summed E-state index contributed by atoms with van der Waals surface area (Å²) < 4.78 is 6.85. The Balaban J connectivity index is 2.26. The third-order valence-electron chi connectivity index (χ3n) is 3.07. The van der Waals surface area contributed by atoms with Crippen molar-refractivity contribution < 1.29 is 9.53 Å². The molecule has 1 aliphatic heterocycles. The molecule has 0 N–H and O–H groups in total. The van der Waals surface area contributed by atoms with Crippen LogP contribution in [0.15, 0.2) is 6.20 Å². The minimum atomic E-state index is 0.0260. The van der Waals surface area contributed by atoms with E-state index < -0.39 is 0 Å². The van der Waals surface area contributed by atoms with Crippen molar-refractivity contribution in [2.24, 2.45) is 7.05 Å². The number of hydrogen-bond donors (Lipinski definition) is 0. The van der Waals surface area contributed by atoms with Crippen LogP contribution in [0, 0.1) is 0 Å². The Kier molecular flexibility index (Phi) is 4.61. The molecule has 0 spiro atoms. The number of carbonyl (C=O) groups excluding carboxylic acids is 1. The van der Waals surface area contributed by atoms with E-state index in [1.54, 1.807) is 36.8 Å². The highest BCUT2D eigenvalue weighted by Gasteiger charge is 2.34. The van der Waals surface area contributed by atoms with Crippen LogP contribution in [-0.2, 0) is 7.05 Å². The number of ketones is 1. The summed E-state index contributed by atoms with van der Waals surface area (Å²) >= 11 is 3.67. The number of nitrogens with zero attached hydrogens (tertiary/aromatic N) is 2. The first kappa shape index (κ1) is 13.8. The zero-order valence-electron chi connectivity index (χ0n) is 10.9. The van der Waals surface area contributed by atoms with Crippen LogP contribution in [0.5, 0.6) is 5.75 Å². The van der Waals surface area contributed by atoms with Gasteiger partial charge < -0.3 is 4.74 Å². The fourth-order valence-corrected chi connectivity index (χ4v) is 5.13. The zero-order chi connectivity index (χ0) is 13.1. The Morgan fingerprint density at radius 3 is 2.94 bits per heavy atom. The monoisotopic (exact) mass is 286 g/mol. The average Bonchev–Trinajstić information content (AvgIpc) is 2.79. The molecule has 18 heavy (non-hydrogen) atoms. The molecule has 1 fully saturated rings. The molecule has 0 saturated carbocycles. The van der Waals surface area contributed by atoms with Crippen LogP contribution in [-0.4, -0.2) is 44.7 Å². The van der Waals surface area contributed by atoms with Gasteiger partial charge in [0.25, 0.3) is 0 Å². The molecule has 0 aliphatic carbocycles. The fraction of sp³-hybridized carbons (Fsp3) is 0.667. The minimum Gasteiger partial charge on any atom is -0.493 e. The Morgan fingerprint density at radius 2 is 2.28 bits per heavy atom. The maximum absolute atomic E-state index is 12.7. The molecule has 1 aliphatic rings. The zero-order valence-corrected chi connectivity index (χ0v) is 12.5.